The van der Waals surface area contributed by atoms with Crippen LogP contribution in [0.2, 0.25) is 0 Å². The molecule has 7 heteroatoms. The Labute approximate surface area is 174 Å². The van der Waals surface area contributed by atoms with E-state index in [2.05, 4.69) is 35.6 Å². The van der Waals surface area contributed by atoms with Crippen molar-refractivity contribution in [2.75, 3.05) is 19.5 Å². The van der Waals surface area contributed by atoms with Gasteiger partial charge in [0.05, 0.1) is 29.1 Å². The van der Waals surface area contributed by atoms with E-state index in [0.29, 0.717) is 5.75 Å². The fourth-order valence-electron chi connectivity index (χ4n) is 3.90. The van der Waals surface area contributed by atoms with Crippen LogP contribution in [0.4, 0.5) is 0 Å². The van der Waals surface area contributed by atoms with Gasteiger partial charge < -0.3 is 14.6 Å². The minimum Gasteiger partial charge on any atom is -0.504 e. The molecule has 1 fully saturated rings. The van der Waals surface area contributed by atoms with Crippen molar-refractivity contribution in [3.05, 3.63) is 38.0 Å². The largest absolute Gasteiger partial charge is 0.504 e. The minimum absolute atomic E-state index is 0.100. The number of ether oxygens (including phenoxy) is 2. The molecule has 1 aromatic carbocycles. The van der Waals surface area contributed by atoms with E-state index in [1.807, 2.05) is 19.1 Å². The maximum absolute atomic E-state index is 12.2. The lowest BCUT2D eigenvalue weighted by Crippen LogP contribution is -2.19. The van der Waals surface area contributed by atoms with Gasteiger partial charge in [-0.05, 0) is 72.0 Å². The highest BCUT2D eigenvalue weighted by atomic mass is 127. The van der Waals surface area contributed by atoms with E-state index in [1.165, 1.54) is 5.57 Å². The molecule has 0 radical (unpaired) electrons. The standard InChI is InChI=1S/C20H25IO5S/c1-4-13(7-14-8-15(21)20(22)17(9-14)25-3)5-6-16-19-12(2)11-27(23,24)18(19)10-26-16/h7-9,16,18,22H,4-6,10-11H2,1-3H3/b13-7+/t16-,18+/m1/s1. The topological polar surface area (TPSA) is 72.8 Å². The number of hydrogen-bond acceptors (Lipinski definition) is 5. The number of allylic oxidation sites excluding steroid dienone is 1. The van der Waals surface area contributed by atoms with Gasteiger partial charge in [0.15, 0.2) is 21.3 Å². The summed E-state index contributed by atoms with van der Waals surface area (Å²) in [5.41, 5.74) is 4.19. The summed E-state index contributed by atoms with van der Waals surface area (Å²) in [6.07, 6.45) is 4.53. The van der Waals surface area contributed by atoms with E-state index in [0.717, 1.165) is 39.5 Å². The molecule has 2 atom stereocenters. The van der Waals surface area contributed by atoms with Gasteiger partial charge in [0.25, 0.3) is 0 Å². The summed E-state index contributed by atoms with van der Waals surface area (Å²) in [5, 5.41) is 9.56. The zero-order valence-corrected chi connectivity index (χ0v) is 18.8. The normalized spacial score (nSPS) is 24.4. The maximum Gasteiger partial charge on any atom is 0.171 e. The van der Waals surface area contributed by atoms with E-state index in [1.54, 1.807) is 7.11 Å². The molecule has 1 aromatic rings. The smallest absolute Gasteiger partial charge is 0.171 e. The Kier molecular flexibility index (Phi) is 6.22. The molecule has 0 aromatic heterocycles. The van der Waals surface area contributed by atoms with Crippen molar-refractivity contribution in [1.29, 1.82) is 0 Å². The first kappa shape index (κ1) is 20.7. The van der Waals surface area contributed by atoms with Gasteiger partial charge in [-0.1, -0.05) is 24.1 Å². The third kappa shape index (κ3) is 4.19. The highest BCUT2D eigenvalue weighted by Gasteiger charge is 2.45. The van der Waals surface area contributed by atoms with Crippen LogP contribution in [0, 0.1) is 3.57 Å². The second-order valence-electron chi connectivity index (χ2n) is 7.10. The van der Waals surface area contributed by atoms with Crippen molar-refractivity contribution in [3.63, 3.8) is 0 Å². The lowest BCUT2D eigenvalue weighted by molar-refractivity contribution is 0.117. The van der Waals surface area contributed by atoms with Gasteiger partial charge in [-0.3, -0.25) is 0 Å². The summed E-state index contributed by atoms with van der Waals surface area (Å²) in [7, 11) is -1.53. The SMILES string of the molecule is CC/C(=C\c1cc(I)c(O)c(OC)c1)CC[C@H]1OC[C@H]2C1=C(C)CS2(=O)=O. The van der Waals surface area contributed by atoms with Crippen LogP contribution in [-0.2, 0) is 14.6 Å². The first-order chi connectivity index (χ1) is 12.8. The predicted octanol–water partition coefficient (Wildman–Crippen LogP) is 4.09. The fraction of sp³-hybridized carbons (Fsp3) is 0.500. The molecule has 27 heavy (non-hydrogen) atoms. The molecule has 2 aliphatic rings. The van der Waals surface area contributed by atoms with Crippen LogP contribution in [0.3, 0.4) is 0 Å². The van der Waals surface area contributed by atoms with Crippen LogP contribution in [0.1, 0.15) is 38.7 Å². The van der Waals surface area contributed by atoms with Crippen LogP contribution in [0.15, 0.2) is 28.9 Å². The van der Waals surface area contributed by atoms with Crippen molar-refractivity contribution in [1.82, 2.24) is 0 Å². The fourth-order valence-corrected chi connectivity index (χ4v) is 6.52. The summed E-state index contributed by atoms with van der Waals surface area (Å²) >= 11 is 2.09. The molecule has 0 spiro atoms. The van der Waals surface area contributed by atoms with Gasteiger partial charge in [0.1, 0.15) is 5.25 Å². The second-order valence-corrected chi connectivity index (χ2v) is 10.4. The highest BCUT2D eigenvalue weighted by Crippen LogP contribution is 2.38. The molecular formula is C20H25IO5S. The summed E-state index contributed by atoms with van der Waals surface area (Å²) in [5.74, 6) is 0.792. The van der Waals surface area contributed by atoms with Crippen molar-refractivity contribution in [3.8, 4) is 11.5 Å². The van der Waals surface area contributed by atoms with Gasteiger partial charge >= 0.3 is 0 Å². The van der Waals surface area contributed by atoms with Gasteiger partial charge in [-0.15, -0.1) is 0 Å². The molecule has 0 aliphatic carbocycles. The van der Waals surface area contributed by atoms with Crippen molar-refractivity contribution in [2.45, 2.75) is 44.5 Å². The molecule has 2 heterocycles. The number of hydrogen-bond donors (Lipinski definition) is 1. The van der Waals surface area contributed by atoms with Crippen molar-refractivity contribution in [2.24, 2.45) is 0 Å². The molecule has 5 nitrogen and oxygen atoms in total. The average molecular weight is 504 g/mol. The number of fused-ring (bicyclic) bond motifs is 1. The molecule has 3 rings (SSSR count). The predicted molar refractivity (Wildman–Crippen MR) is 115 cm³/mol. The molecule has 0 saturated carbocycles. The van der Waals surface area contributed by atoms with Gasteiger partial charge in [0.2, 0.25) is 0 Å². The summed E-state index contributed by atoms with van der Waals surface area (Å²) in [6, 6.07) is 3.75. The second kappa shape index (κ2) is 8.13. The zero-order valence-electron chi connectivity index (χ0n) is 15.8. The molecule has 0 bridgehead atoms. The van der Waals surface area contributed by atoms with Crippen LogP contribution < -0.4 is 4.74 Å². The van der Waals surface area contributed by atoms with Gasteiger partial charge in [-0.25, -0.2) is 8.42 Å². The van der Waals surface area contributed by atoms with Crippen LogP contribution >= 0.6 is 22.6 Å². The molecule has 0 amide bonds. The number of aromatic hydroxyl groups is 1. The Bertz CT molecular complexity index is 901. The Morgan fingerprint density at radius 3 is 2.85 bits per heavy atom. The quantitative estimate of drug-likeness (QED) is 0.467. The Balaban J connectivity index is 1.74. The summed E-state index contributed by atoms with van der Waals surface area (Å²) in [4.78, 5) is 0. The maximum atomic E-state index is 12.2. The van der Waals surface area contributed by atoms with Crippen LogP contribution in [0.5, 0.6) is 11.5 Å². The van der Waals surface area contributed by atoms with E-state index in [4.69, 9.17) is 9.47 Å². The Morgan fingerprint density at radius 2 is 2.19 bits per heavy atom. The van der Waals surface area contributed by atoms with Crippen LogP contribution in [-0.4, -0.2) is 44.3 Å². The molecule has 1 saturated heterocycles. The number of methoxy groups -OCH3 is 1. The Hall–Kier alpha value is -1.06. The molecule has 2 aliphatic heterocycles. The zero-order chi connectivity index (χ0) is 19.8. The average Bonchev–Trinajstić information content (AvgIpc) is 3.14. The summed E-state index contributed by atoms with van der Waals surface area (Å²) in [6.45, 7) is 4.31. The van der Waals surface area contributed by atoms with Crippen molar-refractivity contribution < 1.29 is 23.0 Å². The number of phenolic OH excluding ortho intramolecular Hbond substituents is 1. The first-order valence-electron chi connectivity index (χ1n) is 9.05. The van der Waals surface area contributed by atoms with Gasteiger partial charge in [0, 0.05) is 0 Å². The third-order valence-electron chi connectivity index (χ3n) is 5.31. The highest BCUT2D eigenvalue weighted by molar-refractivity contribution is 14.1. The minimum atomic E-state index is -3.07. The monoisotopic (exact) mass is 504 g/mol. The lowest BCUT2D eigenvalue weighted by Gasteiger charge is -2.14. The lowest BCUT2D eigenvalue weighted by atomic mass is 9.96. The molecular weight excluding hydrogens is 479 g/mol. The third-order valence-corrected chi connectivity index (χ3v) is 8.22. The van der Waals surface area contributed by atoms with Crippen LogP contribution in [0.25, 0.3) is 6.08 Å². The van der Waals surface area contributed by atoms with E-state index in [9.17, 15) is 13.5 Å². The number of halogens is 1. The van der Waals surface area contributed by atoms with E-state index >= 15 is 0 Å². The number of sulfone groups is 1. The molecule has 1 N–H and O–H groups in total. The first-order valence-corrected chi connectivity index (χ1v) is 11.8. The van der Waals surface area contributed by atoms with Gasteiger partial charge in [-0.2, -0.15) is 0 Å². The molecule has 148 valence electrons. The van der Waals surface area contributed by atoms with E-state index in [-0.39, 0.29) is 24.2 Å². The summed E-state index contributed by atoms with van der Waals surface area (Å²) < 4.78 is 36.2. The molecule has 0 unspecified atom stereocenters. The number of benzene rings is 1. The van der Waals surface area contributed by atoms with E-state index < -0.39 is 15.1 Å². The van der Waals surface area contributed by atoms with Crippen molar-refractivity contribution >= 4 is 38.5 Å². The number of phenols is 1. The Morgan fingerprint density at radius 1 is 1.44 bits per heavy atom. The number of rotatable bonds is 6.